The van der Waals surface area contributed by atoms with E-state index in [1.54, 1.807) is 18.3 Å². The topological polar surface area (TPSA) is 101 Å². The van der Waals surface area contributed by atoms with Crippen LogP contribution >= 0.6 is 12.0 Å². The minimum Gasteiger partial charge on any atom is -0.387 e. The van der Waals surface area contributed by atoms with Gasteiger partial charge in [-0.05, 0) is 18.6 Å². The van der Waals surface area contributed by atoms with Crippen LogP contribution in [-0.4, -0.2) is 27.8 Å². The Balaban J connectivity index is 2.35. The van der Waals surface area contributed by atoms with Gasteiger partial charge < -0.3 is 15.6 Å². The quantitative estimate of drug-likeness (QED) is 0.736. The second-order valence-corrected chi connectivity index (χ2v) is 4.98. The molecule has 1 aliphatic heterocycles. The van der Waals surface area contributed by atoms with Crippen LogP contribution in [0.15, 0.2) is 27.9 Å². The second kappa shape index (κ2) is 6.53. The van der Waals surface area contributed by atoms with Gasteiger partial charge in [-0.1, -0.05) is 6.92 Å². The van der Waals surface area contributed by atoms with Crippen LogP contribution in [0.1, 0.15) is 25.3 Å². The molecule has 4 N–H and O–H groups in total. The summed E-state index contributed by atoms with van der Waals surface area (Å²) in [5.41, 5.74) is 7.71. The van der Waals surface area contributed by atoms with Gasteiger partial charge in [-0.3, -0.25) is 4.79 Å². The maximum atomic E-state index is 12.0. The normalized spacial score (nSPS) is 13.9. The number of amides is 1. The van der Waals surface area contributed by atoms with Crippen molar-refractivity contribution >= 4 is 35.5 Å². The fraction of sp³-hybridized carbons (Fsp3) is 0.308. The number of rotatable bonds is 4. The molecule has 0 atom stereocenters. The van der Waals surface area contributed by atoms with Gasteiger partial charge in [-0.15, -0.1) is 0 Å². The predicted octanol–water partition coefficient (Wildman–Crippen LogP) is 1.95. The summed E-state index contributed by atoms with van der Waals surface area (Å²) in [5.74, 6) is 0.222. The molecule has 1 aromatic heterocycles. The highest BCUT2D eigenvalue weighted by molar-refractivity contribution is 7.93. The number of carbonyl (C=O) groups is 1. The van der Waals surface area contributed by atoms with Gasteiger partial charge in [0.2, 0.25) is 5.91 Å². The van der Waals surface area contributed by atoms with Crippen molar-refractivity contribution in [2.45, 2.75) is 24.8 Å². The lowest BCUT2D eigenvalue weighted by Crippen LogP contribution is -2.27. The standard InChI is InChI=1S/C13H16N4O2S/c1-2-3-15-13(18)8-4-9-7-16-12(20-19)6-10(9)17-11(14)5-8/h4,6-7,19H,2-3,5H2,1H3,(H2,14,17)(H,15,18). The van der Waals surface area contributed by atoms with Gasteiger partial charge in [0.25, 0.3) is 0 Å². The van der Waals surface area contributed by atoms with E-state index in [4.69, 9.17) is 10.3 Å². The summed E-state index contributed by atoms with van der Waals surface area (Å²) in [5, 5.41) is 3.26. The van der Waals surface area contributed by atoms with E-state index in [1.165, 1.54) is 0 Å². The van der Waals surface area contributed by atoms with Crippen LogP contribution in [0.3, 0.4) is 0 Å². The number of hydrogen-bond acceptors (Lipinski definition) is 6. The van der Waals surface area contributed by atoms with Gasteiger partial charge in [0.1, 0.15) is 10.9 Å². The Morgan fingerprint density at radius 3 is 3.10 bits per heavy atom. The first-order valence-electron chi connectivity index (χ1n) is 6.27. The highest BCUT2D eigenvalue weighted by Crippen LogP contribution is 2.28. The molecule has 0 fully saturated rings. The molecule has 1 aliphatic rings. The molecule has 0 bridgehead atoms. The number of nitrogens with zero attached hydrogens (tertiary/aromatic N) is 2. The number of aliphatic imine (C=N–C) groups is 1. The van der Waals surface area contributed by atoms with E-state index in [9.17, 15) is 4.79 Å². The van der Waals surface area contributed by atoms with Crippen LogP contribution < -0.4 is 11.1 Å². The van der Waals surface area contributed by atoms with Gasteiger partial charge in [0, 0.05) is 42.3 Å². The van der Waals surface area contributed by atoms with Gasteiger partial charge in [-0.2, -0.15) is 0 Å². The van der Waals surface area contributed by atoms with Gasteiger partial charge in [-0.25, -0.2) is 9.98 Å². The molecule has 0 unspecified atom stereocenters. The molecular weight excluding hydrogens is 276 g/mol. The third-order valence-electron chi connectivity index (χ3n) is 2.77. The molecule has 7 heteroatoms. The Bertz CT molecular complexity index is 584. The Morgan fingerprint density at radius 1 is 1.60 bits per heavy atom. The Kier molecular flexibility index (Phi) is 4.75. The summed E-state index contributed by atoms with van der Waals surface area (Å²) in [6.45, 7) is 2.61. The first-order valence-corrected chi connectivity index (χ1v) is 7.04. The number of aromatic nitrogens is 1. The number of carbonyl (C=O) groups excluding carboxylic acids is 1. The minimum absolute atomic E-state index is 0.140. The van der Waals surface area contributed by atoms with Crippen LogP contribution in [0.25, 0.3) is 6.08 Å². The molecule has 106 valence electrons. The number of nitrogens with one attached hydrogen (secondary N) is 1. The SMILES string of the molecule is CCCNC(=O)C1=Cc2cnc(SO)cc2N=C(N)C1. The lowest BCUT2D eigenvalue weighted by Gasteiger charge is -2.06. The largest absolute Gasteiger partial charge is 0.387 e. The third-order valence-corrected chi connectivity index (χ3v) is 3.18. The predicted molar refractivity (Wildman–Crippen MR) is 79.9 cm³/mol. The van der Waals surface area contributed by atoms with Crippen LogP contribution in [0.2, 0.25) is 0 Å². The first kappa shape index (κ1) is 14.5. The van der Waals surface area contributed by atoms with E-state index in [0.717, 1.165) is 6.42 Å². The molecule has 0 radical (unpaired) electrons. The second-order valence-electron chi connectivity index (χ2n) is 4.38. The van der Waals surface area contributed by atoms with Crippen molar-refractivity contribution in [3.05, 3.63) is 23.4 Å². The minimum atomic E-state index is -0.140. The van der Waals surface area contributed by atoms with Crippen molar-refractivity contribution in [3.8, 4) is 0 Å². The summed E-state index contributed by atoms with van der Waals surface area (Å²) < 4.78 is 9.01. The zero-order chi connectivity index (χ0) is 14.5. The van der Waals surface area contributed by atoms with E-state index in [2.05, 4.69) is 15.3 Å². The lowest BCUT2D eigenvalue weighted by atomic mass is 10.1. The number of pyridine rings is 1. The number of nitrogens with two attached hydrogens (primary N) is 1. The fourth-order valence-corrected chi connectivity index (χ4v) is 2.08. The van der Waals surface area contributed by atoms with Gasteiger partial charge in [0.15, 0.2) is 0 Å². The molecule has 0 saturated heterocycles. The highest BCUT2D eigenvalue weighted by atomic mass is 32.2. The number of amidine groups is 1. The third kappa shape index (κ3) is 3.37. The molecule has 0 aromatic carbocycles. The van der Waals surface area contributed by atoms with Gasteiger partial charge >= 0.3 is 0 Å². The van der Waals surface area contributed by atoms with Crippen molar-refractivity contribution in [2.24, 2.45) is 10.7 Å². The number of fused-ring (bicyclic) bond motifs is 1. The average Bonchev–Trinajstić information content (AvgIpc) is 2.61. The average molecular weight is 292 g/mol. The smallest absolute Gasteiger partial charge is 0.247 e. The van der Waals surface area contributed by atoms with Crippen LogP contribution in [-0.2, 0) is 4.79 Å². The zero-order valence-corrected chi connectivity index (χ0v) is 11.9. The van der Waals surface area contributed by atoms with E-state index >= 15 is 0 Å². The Labute approximate surface area is 121 Å². The van der Waals surface area contributed by atoms with Crippen molar-refractivity contribution in [1.29, 1.82) is 0 Å². The molecule has 1 amide bonds. The summed E-state index contributed by atoms with van der Waals surface area (Å²) in [7, 11) is 0. The first-order chi connectivity index (χ1) is 9.63. The van der Waals surface area contributed by atoms with E-state index in [-0.39, 0.29) is 5.91 Å². The van der Waals surface area contributed by atoms with Crippen molar-refractivity contribution in [2.75, 3.05) is 6.54 Å². The molecular formula is C13H16N4O2S. The molecule has 2 heterocycles. The fourth-order valence-electron chi connectivity index (χ4n) is 1.82. The van der Waals surface area contributed by atoms with Crippen molar-refractivity contribution < 1.29 is 9.35 Å². The zero-order valence-electron chi connectivity index (χ0n) is 11.1. The Morgan fingerprint density at radius 2 is 2.40 bits per heavy atom. The molecule has 0 aliphatic carbocycles. The molecule has 2 rings (SSSR count). The summed E-state index contributed by atoms with van der Waals surface area (Å²) >= 11 is 0.547. The maximum absolute atomic E-state index is 12.0. The van der Waals surface area contributed by atoms with Crippen LogP contribution in [0.5, 0.6) is 0 Å². The van der Waals surface area contributed by atoms with Gasteiger partial charge in [0.05, 0.1) is 5.69 Å². The highest BCUT2D eigenvalue weighted by Gasteiger charge is 2.16. The van der Waals surface area contributed by atoms with Crippen molar-refractivity contribution in [1.82, 2.24) is 10.3 Å². The number of hydrogen-bond donors (Lipinski definition) is 3. The summed E-state index contributed by atoms with van der Waals surface area (Å²) in [6, 6.07) is 1.64. The summed E-state index contributed by atoms with van der Waals surface area (Å²) in [6.07, 6.45) is 4.48. The molecule has 6 nitrogen and oxygen atoms in total. The maximum Gasteiger partial charge on any atom is 0.247 e. The van der Waals surface area contributed by atoms with E-state index in [1.807, 2.05) is 6.92 Å². The molecule has 0 saturated carbocycles. The lowest BCUT2D eigenvalue weighted by molar-refractivity contribution is -0.117. The van der Waals surface area contributed by atoms with E-state index < -0.39 is 0 Å². The molecule has 1 aromatic rings. The van der Waals surface area contributed by atoms with Crippen LogP contribution in [0, 0.1) is 0 Å². The molecule has 0 spiro atoms. The van der Waals surface area contributed by atoms with Crippen molar-refractivity contribution in [3.63, 3.8) is 0 Å². The van der Waals surface area contributed by atoms with Crippen LogP contribution in [0.4, 0.5) is 5.69 Å². The van der Waals surface area contributed by atoms with E-state index in [0.29, 0.717) is 52.7 Å². The molecule has 20 heavy (non-hydrogen) atoms. The Hall–Kier alpha value is -1.86. The monoisotopic (exact) mass is 292 g/mol. The summed E-state index contributed by atoms with van der Waals surface area (Å²) in [4.78, 5) is 20.4.